The van der Waals surface area contributed by atoms with Crippen molar-refractivity contribution < 1.29 is 4.21 Å². The summed E-state index contributed by atoms with van der Waals surface area (Å²) < 4.78 is 13.0. The topological polar surface area (TPSA) is 46.9 Å². The van der Waals surface area contributed by atoms with Crippen molar-refractivity contribution in [3.63, 3.8) is 0 Å². The van der Waals surface area contributed by atoms with Gasteiger partial charge in [0.15, 0.2) is 0 Å². The molecular formula is C12H21N3OS. The molecule has 1 heterocycles. The van der Waals surface area contributed by atoms with E-state index < -0.39 is 10.8 Å². The molecule has 1 atom stereocenters. The molecule has 4 nitrogen and oxygen atoms in total. The Bertz CT molecular complexity index is 372. The van der Waals surface area contributed by atoms with Gasteiger partial charge in [0.25, 0.3) is 0 Å². The van der Waals surface area contributed by atoms with E-state index in [1.165, 1.54) is 25.7 Å². The maximum absolute atomic E-state index is 10.9. The Labute approximate surface area is 105 Å². The van der Waals surface area contributed by atoms with Crippen molar-refractivity contribution in [1.82, 2.24) is 15.1 Å². The van der Waals surface area contributed by atoms with Gasteiger partial charge in [-0.15, -0.1) is 0 Å². The van der Waals surface area contributed by atoms with Gasteiger partial charge < -0.3 is 5.32 Å². The Balaban J connectivity index is 1.75. The van der Waals surface area contributed by atoms with Gasteiger partial charge in [0, 0.05) is 42.1 Å². The highest BCUT2D eigenvalue weighted by Gasteiger charge is 2.17. The Morgan fingerprint density at radius 2 is 2.29 bits per heavy atom. The van der Waals surface area contributed by atoms with Crippen molar-refractivity contribution in [3.05, 3.63) is 18.0 Å². The van der Waals surface area contributed by atoms with Crippen LogP contribution in [0, 0.1) is 0 Å². The van der Waals surface area contributed by atoms with Crippen LogP contribution >= 0.6 is 0 Å². The van der Waals surface area contributed by atoms with Crippen LogP contribution in [-0.2, 0) is 17.3 Å². The smallest absolute Gasteiger partial charge is 0.0762 e. The highest BCUT2D eigenvalue weighted by molar-refractivity contribution is 7.84. The molecule has 5 heteroatoms. The number of hydrogen-bond donors (Lipinski definition) is 1. The summed E-state index contributed by atoms with van der Waals surface area (Å²) >= 11 is 0. The molecule has 1 aliphatic rings. The van der Waals surface area contributed by atoms with E-state index in [-0.39, 0.29) is 0 Å². The predicted octanol–water partition coefficient (Wildman–Crippen LogP) is 1.47. The Hall–Kier alpha value is -0.680. The van der Waals surface area contributed by atoms with E-state index in [0.29, 0.717) is 11.8 Å². The highest BCUT2D eigenvalue weighted by atomic mass is 32.2. The first-order valence-corrected chi connectivity index (χ1v) is 8.03. The van der Waals surface area contributed by atoms with Crippen molar-refractivity contribution in [3.8, 4) is 0 Å². The van der Waals surface area contributed by atoms with Gasteiger partial charge in [-0.25, -0.2) is 0 Å². The molecule has 1 unspecified atom stereocenters. The fourth-order valence-corrected chi connectivity index (χ4v) is 2.71. The summed E-state index contributed by atoms with van der Waals surface area (Å²) in [5, 5.41) is 7.86. The van der Waals surface area contributed by atoms with Gasteiger partial charge in [0.1, 0.15) is 0 Å². The SMILES string of the molecule is CS(=O)CCNCc1ccn(C2CCCC2)n1. The molecule has 17 heavy (non-hydrogen) atoms. The zero-order valence-corrected chi connectivity index (χ0v) is 11.2. The molecule has 0 aromatic carbocycles. The van der Waals surface area contributed by atoms with Crippen molar-refractivity contribution in [2.24, 2.45) is 0 Å². The first-order chi connectivity index (χ1) is 8.25. The average molecular weight is 255 g/mol. The van der Waals surface area contributed by atoms with Gasteiger partial charge in [-0.2, -0.15) is 5.10 Å². The van der Waals surface area contributed by atoms with Crippen LogP contribution in [0.2, 0.25) is 0 Å². The molecule has 0 bridgehead atoms. The van der Waals surface area contributed by atoms with Crippen molar-refractivity contribution in [1.29, 1.82) is 0 Å². The molecule has 1 saturated carbocycles. The molecule has 96 valence electrons. The lowest BCUT2D eigenvalue weighted by Crippen LogP contribution is -2.20. The van der Waals surface area contributed by atoms with Crippen molar-refractivity contribution >= 4 is 10.8 Å². The molecular weight excluding hydrogens is 234 g/mol. The molecule has 0 radical (unpaired) electrons. The summed E-state index contributed by atoms with van der Waals surface area (Å²) in [6.45, 7) is 1.57. The summed E-state index contributed by atoms with van der Waals surface area (Å²) in [6.07, 6.45) is 9.02. The summed E-state index contributed by atoms with van der Waals surface area (Å²) in [5.41, 5.74) is 1.08. The summed E-state index contributed by atoms with van der Waals surface area (Å²) in [4.78, 5) is 0. The molecule has 0 saturated heterocycles. The van der Waals surface area contributed by atoms with E-state index in [9.17, 15) is 4.21 Å². The first-order valence-electron chi connectivity index (χ1n) is 6.30. The Morgan fingerprint density at radius 3 is 3.00 bits per heavy atom. The van der Waals surface area contributed by atoms with Crippen LogP contribution in [0.25, 0.3) is 0 Å². The number of rotatable bonds is 6. The minimum atomic E-state index is -0.708. The molecule has 1 aliphatic carbocycles. The third kappa shape index (κ3) is 3.92. The third-order valence-electron chi connectivity index (χ3n) is 3.23. The second-order valence-corrected chi connectivity index (χ2v) is 6.23. The fourth-order valence-electron chi connectivity index (χ4n) is 2.28. The second-order valence-electron chi connectivity index (χ2n) is 4.68. The minimum Gasteiger partial charge on any atom is -0.310 e. The lowest BCUT2D eigenvalue weighted by Gasteiger charge is -2.08. The molecule has 2 rings (SSSR count). The zero-order valence-electron chi connectivity index (χ0n) is 10.4. The summed E-state index contributed by atoms with van der Waals surface area (Å²) in [7, 11) is -0.708. The van der Waals surface area contributed by atoms with Gasteiger partial charge in [0.05, 0.1) is 11.7 Å². The van der Waals surface area contributed by atoms with Crippen LogP contribution in [0.1, 0.15) is 37.4 Å². The molecule has 0 amide bonds. The van der Waals surface area contributed by atoms with Crippen molar-refractivity contribution in [2.45, 2.75) is 38.3 Å². The lowest BCUT2D eigenvalue weighted by atomic mass is 10.3. The summed E-state index contributed by atoms with van der Waals surface area (Å²) in [6, 6.07) is 2.70. The fraction of sp³-hybridized carbons (Fsp3) is 0.750. The average Bonchev–Trinajstić information content (AvgIpc) is 2.94. The van der Waals surface area contributed by atoms with E-state index in [1.807, 2.05) is 0 Å². The Morgan fingerprint density at radius 1 is 1.53 bits per heavy atom. The van der Waals surface area contributed by atoms with Crippen LogP contribution in [-0.4, -0.2) is 32.5 Å². The third-order valence-corrected chi connectivity index (χ3v) is 4.01. The maximum atomic E-state index is 10.9. The lowest BCUT2D eigenvalue weighted by molar-refractivity contribution is 0.461. The maximum Gasteiger partial charge on any atom is 0.0762 e. The largest absolute Gasteiger partial charge is 0.310 e. The number of nitrogens with one attached hydrogen (secondary N) is 1. The van der Waals surface area contributed by atoms with Gasteiger partial charge in [-0.1, -0.05) is 12.8 Å². The minimum absolute atomic E-state index is 0.617. The normalized spacial score (nSPS) is 18.6. The first kappa shape index (κ1) is 12.8. The van der Waals surface area contributed by atoms with Gasteiger partial charge in [0.2, 0.25) is 0 Å². The Kier molecular flexibility index (Phi) is 4.74. The van der Waals surface area contributed by atoms with Gasteiger partial charge in [-0.3, -0.25) is 8.89 Å². The van der Waals surface area contributed by atoms with Crippen molar-refractivity contribution in [2.75, 3.05) is 18.6 Å². The standard InChI is InChI=1S/C12H21N3OS/c1-17(16)9-7-13-10-11-6-8-15(14-11)12-4-2-3-5-12/h6,8,12-13H,2-5,7,9-10H2,1H3. The van der Waals surface area contributed by atoms with E-state index in [0.717, 1.165) is 18.8 Å². The van der Waals surface area contributed by atoms with E-state index in [1.54, 1.807) is 6.26 Å². The zero-order chi connectivity index (χ0) is 12.1. The molecule has 1 fully saturated rings. The predicted molar refractivity (Wildman–Crippen MR) is 70.4 cm³/mol. The van der Waals surface area contributed by atoms with E-state index >= 15 is 0 Å². The number of nitrogens with zero attached hydrogens (tertiary/aromatic N) is 2. The monoisotopic (exact) mass is 255 g/mol. The number of hydrogen-bond acceptors (Lipinski definition) is 3. The quantitative estimate of drug-likeness (QED) is 0.783. The van der Waals surface area contributed by atoms with Gasteiger partial charge in [-0.05, 0) is 18.9 Å². The van der Waals surface area contributed by atoms with Crippen LogP contribution in [0.4, 0.5) is 0 Å². The van der Waals surface area contributed by atoms with Gasteiger partial charge >= 0.3 is 0 Å². The number of aromatic nitrogens is 2. The molecule has 1 aromatic heterocycles. The molecule has 0 spiro atoms. The van der Waals surface area contributed by atoms with Crippen LogP contribution < -0.4 is 5.32 Å². The second kappa shape index (κ2) is 6.31. The van der Waals surface area contributed by atoms with Crippen LogP contribution in [0.15, 0.2) is 12.3 Å². The molecule has 1 N–H and O–H groups in total. The van der Waals surface area contributed by atoms with Crippen LogP contribution in [0.5, 0.6) is 0 Å². The highest BCUT2D eigenvalue weighted by Crippen LogP contribution is 2.28. The van der Waals surface area contributed by atoms with Crippen LogP contribution in [0.3, 0.4) is 0 Å². The molecule has 1 aromatic rings. The molecule has 0 aliphatic heterocycles. The van der Waals surface area contributed by atoms with E-state index in [4.69, 9.17) is 0 Å². The van der Waals surface area contributed by atoms with E-state index in [2.05, 4.69) is 27.4 Å². The summed E-state index contributed by atoms with van der Waals surface area (Å²) in [5.74, 6) is 0.712.